The highest BCUT2D eigenvalue weighted by molar-refractivity contribution is 6.31. The zero-order chi connectivity index (χ0) is 24.3. The number of amides is 2. The van der Waals surface area contributed by atoms with Crippen molar-refractivity contribution in [3.05, 3.63) is 28.3 Å². The number of carbonyl (C=O) groups is 2. The van der Waals surface area contributed by atoms with E-state index in [1.54, 1.807) is 11.0 Å². The molecule has 1 aromatic rings. The molecule has 2 fully saturated rings. The second-order valence-corrected chi connectivity index (χ2v) is 9.13. The molecule has 2 amide bonds. The smallest absolute Gasteiger partial charge is 0.410 e. The lowest BCUT2D eigenvalue weighted by atomic mass is 10.0. The minimum absolute atomic E-state index is 0.0154. The Labute approximate surface area is 198 Å². The highest BCUT2D eigenvalue weighted by Gasteiger charge is 2.31. The molecule has 2 heterocycles. The Bertz CT molecular complexity index is 945. The molecule has 2 atom stereocenters. The van der Waals surface area contributed by atoms with E-state index < -0.39 is 6.04 Å². The molecule has 0 radical (unpaired) electrons. The number of β-lactam (4-membered cyclic amide) rings is 1. The fraction of sp³-hybridized carbons (Fsp3) is 0.545. The number of amidine groups is 1. The topological polar surface area (TPSA) is 131 Å². The lowest BCUT2D eigenvalue weighted by Crippen LogP contribution is -2.54. The number of hydrogen-bond donors (Lipinski definition) is 4. The van der Waals surface area contributed by atoms with E-state index in [2.05, 4.69) is 15.5 Å². The molecule has 3 rings (SSSR count). The van der Waals surface area contributed by atoms with Gasteiger partial charge in [-0.15, -0.1) is 0 Å². The van der Waals surface area contributed by atoms with Crippen LogP contribution in [-0.2, 0) is 20.8 Å². The zero-order valence-corrected chi connectivity index (χ0v) is 20.1. The van der Waals surface area contributed by atoms with Gasteiger partial charge in [0.05, 0.1) is 12.5 Å². The van der Waals surface area contributed by atoms with E-state index in [-0.39, 0.29) is 42.5 Å². The largest absolute Gasteiger partial charge is 0.447 e. The predicted molar refractivity (Wildman–Crippen MR) is 126 cm³/mol. The van der Waals surface area contributed by atoms with Gasteiger partial charge in [-0.1, -0.05) is 11.6 Å². The van der Waals surface area contributed by atoms with Gasteiger partial charge in [-0.25, -0.2) is 4.79 Å². The average molecular weight is 479 g/mol. The Balaban J connectivity index is 1.60. The number of rotatable bonds is 5. The van der Waals surface area contributed by atoms with Crippen LogP contribution >= 0.6 is 11.6 Å². The van der Waals surface area contributed by atoms with Gasteiger partial charge in [-0.05, 0) is 51.0 Å². The molecule has 1 aromatic carbocycles. The van der Waals surface area contributed by atoms with Crippen LogP contribution in [0.5, 0.6) is 0 Å². The van der Waals surface area contributed by atoms with Gasteiger partial charge < -0.3 is 25.0 Å². The van der Waals surface area contributed by atoms with Crippen LogP contribution in [0, 0.1) is 17.7 Å². The van der Waals surface area contributed by atoms with Gasteiger partial charge in [0.1, 0.15) is 6.04 Å². The van der Waals surface area contributed by atoms with Crippen LogP contribution in [0.3, 0.4) is 0 Å². The highest BCUT2D eigenvalue weighted by Crippen LogP contribution is 2.27. The third kappa shape index (κ3) is 6.35. The minimum Gasteiger partial charge on any atom is -0.447 e. The summed E-state index contributed by atoms with van der Waals surface area (Å²) in [5.41, 5.74) is 2.51. The third-order valence-corrected chi connectivity index (χ3v) is 5.88. The quantitative estimate of drug-likeness (QED) is 0.292. The van der Waals surface area contributed by atoms with Gasteiger partial charge in [0, 0.05) is 42.9 Å². The van der Waals surface area contributed by atoms with Crippen molar-refractivity contribution in [1.29, 1.82) is 10.8 Å². The van der Waals surface area contributed by atoms with Crippen molar-refractivity contribution >= 4 is 41.2 Å². The van der Waals surface area contributed by atoms with Crippen molar-refractivity contribution in [3.8, 4) is 0 Å². The van der Waals surface area contributed by atoms with E-state index in [1.165, 1.54) is 0 Å². The first-order valence-corrected chi connectivity index (χ1v) is 11.3. The average Bonchev–Trinajstić information content (AvgIpc) is 2.68. The van der Waals surface area contributed by atoms with Crippen molar-refractivity contribution in [3.63, 3.8) is 0 Å². The molecule has 0 unspecified atom stereocenters. The maximum Gasteiger partial charge on any atom is 0.410 e. The number of nitrogens with zero attached hydrogens (tertiary/aromatic N) is 2. The van der Waals surface area contributed by atoms with Gasteiger partial charge in [0.25, 0.3) is 6.02 Å². The molecule has 33 heavy (non-hydrogen) atoms. The van der Waals surface area contributed by atoms with Gasteiger partial charge in [0.2, 0.25) is 11.8 Å². The Hall–Kier alpha value is -2.85. The highest BCUT2D eigenvalue weighted by atomic mass is 35.5. The molecule has 11 heteroatoms. The minimum atomic E-state index is -0.492. The Morgan fingerprint density at radius 1 is 1.33 bits per heavy atom. The number of nitrogens with one attached hydrogen (secondary N) is 4. The van der Waals surface area contributed by atoms with Crippen LogP contribution in [0.25, 0.3) is 0 Å². The number of halogens is 1. The zero-order valence-electron chi connectivity index (χ0n) is 19.3. The van der Waals surface area contributed by atoms with Crippen LogP contribution in [0.2, 0.25) is 5.02 Å². The van der Waals surface area contributed by atoms with Gasteiger partial charge in [-0.3, -0.25) is 20.5 Å². The normalized spacial score (nSPS) is 20.7. The van der Waals surface area contributed by atoms with Gasteiger partial charge in [-0.2, -0.15) is 0 Å². The number of carbonyl (C=O) groups excluding carboxylic acids is 2. The molecule has 0 aliphatic carbocycles. The van der Waals surface area contributed by atoms with Crippen molar-refractivity contribution in [2.75, 3.05) is 25.0 Å². The van der Waals surface area contributed by atoms with Crippen LogP contribution in [0.15, 0.2) is 12.1 Å². The van der Waals surface area contributed by atoms with Gasteiger partial charge >= 0.3 is 6.09 Å². The lowest BCUT2D eigenvalue weighted by molar-refractivity contribution is -0.126. The second-order valence-electron chi connectivity index (χ2n) is 8.69. The van der Waals surface area contributed by atoms with Crippen molar-refractivity contribution in [2.45, 2.75) is 58.8 Å². The van der Waals surface area contributed by atoms with E-state index >= 15 is 0 Å². The molecule has 0 bridgehead atoms. The molecule has 0 saturated carbocycles. The number of hydrogen-bond acceptors (Lipinski definition) is 7. The molecule has 2 aliphatic heterocycles. The molecular weight excluding hydrogens is 448 g/mol. The van der Waals surface area contributed by atoms with E-state index in [9.17, 15) is 9.59 Å². The molecule has 10 nitrogen and oxygen atoms in total. The summed E-state index contributed by atoms with van der Waals surface area (Å²) < 4.78 is 10.5. The summed E-state index contributed by atoms with van der Waals surface area (Å²) in [6, 6.07) is 2.80. The fourth-order valence-corrected chi connectivity index (χ4v) is 4.07. The van der Waals surface area contributed by atoms with E-state index in [4.69, 9.17) is 31.9 Å². The fourth-order valence-electron chi connectivity index (χ4n) is 3.83. The molecule has 2 saturated heterocycles. The Morgan fingerprint density at radius 3 is 2.64 bits per heavy atom. The molecule has 0 spiro atoms. The SMILES string of the molecule is Cc1c(CN2CCN(C(=O)OC(C)C)[C@@H](C)C2)cc(Cl)cc1NC(=N)OC(=N)[C@@H]1CC(=O)N1. The first-order valence-electron chi connectivity index (χ1n) is 10.9. The summed E-state index contributed by atoms with van der Waals surface area (Å²) in [7, 11) is 0. The monoisotopic (exact) mass is 478 g/mol. The summed E-state index contributed by atoms with van der Waals surface area (Å²) in [6.07, 6.45) is -0.248. The van der Waals surface area contributed by atoms with Crippen LogP contribution in [0.1, 0.15) is 38.3 Å². The summed E-state index contributed by atoms with van der Waals surface area (Å²) >= 11 is 6.34. The predicted octanol–water partition coefficient (Wildman–Crippen LogP) is 2.93. The first-order chi connectivity index (χ1) is 15.5. The Kier molecular flexibility index (Phi) is 7.80. The van der Waals surface area contributed by atoms with Crippen molar-refractivity contribution in [1.82, 2.24) is 15.1 Å². The van der Waals surface area contributed by atoms with Crippen LogP contribution in [0.4, 0.5) is 10.5 Å². The summed E-state index contributed by atoms with van der Waals surface area (Å²) in [5.74, 6) is -0.329. The summed E-state index contributed by atoms with van der Waals surface area (Å²) in [5, 5.41) is 21.8. The van der Waals surface area contributed by atoms with Crippen molar-refractivity contribution < 1.29 is 19.1 Å². The number of benzene rings is 1. The molecule has 4 N–H and O–H groups in total. The second kappa shape index (κ2) is 10.4. The van der Waals surface area contributed by atoms with E-state index in [0.717, 1.165) is 11.1 Å². The number of piperazine rings is 1. The standard InChI is InChI=1S/C22H31ClN6O4/c1-12(2)32-22(31)29-6-5-28(10-13(29)3)11-15-7-16(23)8-17(14(15)4)27-21(25)33-20(24)18-9-19(30)26-18/h7-8,12-13,18,24H,5-6,9-11H2,1-4H3,(H2,25,27)(H,26,30)/t13-,18-/m0/s1. The maximum atomic E-state index is 12.3. The summed E-state index contributed by atoms with van der Waals surface area (Å²) in [4.78, 5) is 27.3. The molecular formula is C22H31ClN6O4. The first kappa shape index (κ1) is 24.8. The van der Waals surface area contributed by atoms with Crippen molar-refractivity contribution in [2.24, 2.45) is 0 Å². The Morgan fingerprint density at radius 2 is 2.03 bits per heavy atom. The summed E-state index contributed by atoms with van der Waals surface area (Å²) in [6.45, 7) is 10.2. The number of anilines is 1. The third-order valence-electron chi connectivity index (χ3n) is 5.66. The van der Waals surface area contributed by atoms with E-state index in [1.807, 2.05) is 33.8 Å². The van der Waals surface area contributed by atoms with Crippen LogP contribution in [-0.4, -0.2) is 71.5 Å². The molecule has 180 valence electrons. The molecule has 0 aromatic heterocycles. The number of ether oxygens (including phenoxy) is 2. The van der Waals surface area contributed by atoms with E-state index in [0.29, 0.717) is 36.9 Å². The lowest BCUT2D eigenvalue weighted by Gasteiger charge is -2.39. The van der Waals surface area contributed by atoms with Gasteiger partial charge in [0.15, 0.2) is 0 Å². The van der Waals surface area contributed by atoms with Crippen LogP contribution < -0.4 is 10.6 Å². The molecule has 2 aliphatic rings. The maximum absolute atomic E-state index is 12.3.